The SMILES string of the molecule is O=C(CSc1nnc(NC2CC2)s1)N1CCN(c2ncc(C(F)(F)F)cc2Cl)CC1. The molecule has 4 rings (SSSR count). The van der Waals surface area contributed by atoms with Crippen molar-refractivity contribution in [1.29, 1.82) is 0 Å². The van der Waals surface area contributed by atoms with Gasteiger partial charge in [-0.25, -0.2) is 4.98 Å². The summed E-state index contributed by atoms with van der Waals surface area (Å²) < 4.78 is 39.0. The van der Waals surface area contributed by atoms with E-state index in [1.54, 1.807) is 9.80 Å². The highest BCUT2D eigenvalue weighted by atomic mass is 35.5. The van der Waals surface area contributed by atoms with Gasteiger partial charge in [0.25, 0.3) is 0 Å². The van der Waals surface area contributed by atoms with Crippen LogP contribution in [0.1, 0.15) is 18.4 Å². The highest BCUT2D eigenvalue weighted by Crippen LogP contribution is 2.34. The van der Waals surface area contributed by atoms with Gasteiger partial charge >= 0.3 is 6.18 Å². The zero-order chi connectivity index (χ0) is 21.3. The summed E-state index contributed by atoms with van der Waals surface area (Å²) in [6.07, 6.45) is -1.40. The molecule has 2 aliphatic rings. The number of nitrogens with one attached hydrogen (secondary N) is 1. The van der Waals surface area contributed by atoms with E-state index in [2.05, 4.69) is 20.5 Å². The number of hydrogen-bond donors (Lipinski definition) is 1. The van der Waals surface area contributed by atoms with Crippen molar-refractivity contribution in [1.82, 2.24) is 20.1 Å². The second-order valence-corrected chi connectivity index (χ2v) is 9.58. The predicted molar refractivity (Wildman–Crippen MR) is 110 cm³/mol. The lowest BCUT2D eigenvalue weighted by Crippen LogP contribution is -2.49. The van der Waals surface area contributed by atoms with E-state index >= 15 is 0 Å². The first-order valence-corrected chi connectivity index (χ1v) is 11.5. The van der Waals surface area contributed by atoms with Crippen LogP contribution in [0.3, 0.4) is 0 Å². The van der Waals surface area contributed by atoms with Crippen LogP contribution in [0.2, 0.25) is 5.02 Å². The van der Waals surface area contributed by atoms with Crippen LogP contribution in [0.5, 0.6) is 0 Å². The van der Waals surface area contributed by atoms with Gasteiger partial charge < -0.3 is 15.1 Å². The minimum Gasteiger partial charge on any atom is -0.357 e. The zero-order valence-electron chi connectivity index (χ0n) is 15.7. The summed E-state index contributed by atoms with van der Waals surface area (Å²) in [5.41, 5.74) is -0.880. The average Bonchev–Trinajstić information content (AvgIpc) is 3.41. The lowest BCUT2D eigenvalue weighted by molar-refractivity contribution is -0.137. The number of anilines is 2. The average molecular weight is 479 g/mol. The van der Waals surface area contributed by atoms with Crippen molar-refractivity contribution in [2.24, 2.45) is 0 Å². The summed E-state index contributed by atoms with van der Waals surface area (Å²) in [5, 5.41) is 12.2. The molecule has 1 saturated heterocycles. The predicted octanol–water partition coefficient (Wildman–Crippen LogP) is 3.62. The van der Waals surface area contributed by atoms with Crippen molar-refractivity contribution in [2.75, 3.05) is 42.1 Å². The van der Waals surface area contributed by atoms with E-state index in [9.17, 15) is 18.0 Å². The Morgan fingerprint density at radius 3 is 2.63 bits per heavy atom. The third kappa shape index (κ3) is 5.27. The van der Waals surface area contributed by atoms with Gasteiger partial charge in [0, 0.05) is 38.4 Å². The second kappa shape index (κ2) is 8.75. The lowest BCUT2D eigenvalue weighted by Gasteiger charge is -2.35. The Hall–Kier alpha value is -1.79. The number of pyridine rings is 1. The fraction of sp³-hybridized carbons (Fsp3) is 0.529. The van der Waals surface area contributed by atoms with Gasteiger partial charge in [0.15, 0.2) is 4.34 Å². The molecule has 0 spiro atoms. The number of carbonyl (C=O) groups is 1. The highest BCUT2D eigenvalue weighted by molar-refractivity contribution is 8.01. The van der Waals surface area contributed by atoms with Crippen LogP contribution < -0.4 is 10.2 Å². The van der Waals surface area contributed by atoms with Crippen molar-refractivity contribution in [3.63, 3.8) is 0 Å². The van der Waals surface area contributed by atoms with Crippen molar-refractivity contribution >= 4 is 51.6 Å². The number of halogens is 4. The van der Waals surface area contributed by atoms with Crippen molar-refractivity contribution in [3.05, 3.63) is 22.8 Å². The van der Waals surface area contributed by atoms with Crippen LogP contribution >= 0.6 is 34.7 Å². The first-order chi connectivity index (χ1) is 14.3. The lowest BCUT2D eigenvalue weighted by atomic mass is 10.2. The van der Waals surface area contributed by atoms with Crippen LogP contribution in [0.15, 0.2) is 16.6 Å². The molecule has 2 aromatic rings. The third-order valence-electron chi connectivity index (χ3n) is 4.71. The number of nitrogens with zero attached hydrogens (tertiary/aromatic N) is 5. The van der Waals surface area contributed by atoms with Gasteiger partial charge in [0.2, 0.25) is 11.0 Å². The Kier molecular flexibility index (Phi) is 6.26. The van der Waals surface area contributed by atoms with E-state index in [0.29, 0.717) is 38.0 Å². The van der Waals surface area contributed by atoms with Gasteiger partial charge in [-0.15, -0.1) is 10.2 Å². The number of carbonyl (C=O) groups excluding carboxylic acids is 1. The molecule has 0 radical (unpaired) electrons. The van der Waals surface area contributed by atoms with Crippen LogP contribution in [0.4, 0.5) is 24.1 Å². The maximum atomic E-state index is 12.8. The molecule has 1 aliphatic heterocycles. The molecule has 162 valence electrons. The van der Waals surface area contributed by atoms with Crippen LogP contribution in [0, 0.1) is 0 Å². The second-order valence-electron chi connectivity index (χ2n) is 6.98. The third-order valence-corrected chi connectivity index (χ3v) is 6.96. The molecule has 2 fully saturated rings. The number of hydrogen-bond acceptors (Lipinski definition) is 8. The number of rotatable bonds is 6. The Bertz CT molecular complexity index is 915. The maximum absolute atomic E-state index is 12.8. The molecule has 0 unspecified atom stereocenters. The number of piperazine rings is 1. The van der Waals surface area contributed by atoms with Crippen LogP contribution in [-0.2, 0) is 11.0 Å². The topological polar surface area (TPSA) is 74.2 Å². The maximum Gasteiger partial charge on any atom is 0.417 e. The van der Waals surface area contributed by atoms with Crippen LogP contribution in [0.25, 0.3) is 0 Å². The molecule has 2 aromatic heterocycles. The zero-order valence-corrected chi connectivity index (χ0v) is 18.0. The highest BCUT2D eigenvalue weighted by Gasteiger charge is 2.32. The molecule has 3 heterocycles. The van der Waals surface area contributed by atoms with Gasteiger partial charge in [-0.2, -0.15) is 13.2 Å². The first-order valence-electron chi connectivity index (χ1n) is 9.28. The monoisotopic (exact) mass is 478 g/mol. The fourth-order valence-corrected chi connectivity index (χ4v) is 4.95. The Morgan fingerprint density at radius 2 is 2.00 bits per heavy atom. The molecule has 1 aliphatic carbocycles. The summed E-state index contributed by atoms with van der Waals surface area (Å²) in [7, 11) is 0. The van der Waals surface area contributed by atoms with Crippen molar-refractivity contribution in [3.8, 4) is 0 Å². The number of amides is 1. The molecule has 13 heteroatoms. The molecular formula is C17H18ClF3N6OS2. The Labute approximate surface area is 184 Å². The van der Waals surface area contributed by atoms with Gasteiger partial charge in [-0.05, 0) is 18.9 Å². The quantitative estimate of drug-likeness (QED) is 0.635. The van der Waals surface area contributed by atoms with E-state index in [1.807, 2.05) is 0 Å². The van der Waals surface area contributed by atoms with E-state index in [-0.39, 0.29) is 16.7 Å². The van der Waals surface area contributed by atoms with E-state index in [4.69, 9.17) is 11.6 Å². The molecule has 0 bridgehead atoms. The Morgan fingerprint density at radius 1 is 1.27 bits per heavy atom. The van der Waals surface area contributed by atoms with E-state index in [0.717, 1.165) is 34.6 Å². The summed E-state index contributed by atoms with van der Waals surface area (Å²) in [4.78, 5) is 19.9. The van der Waals surface area contributed by atoms with E-state index in [1.165, 1.54) is 23.1 Å². The first kappa shape index (κ1) is 21.4. The minimum absolute atomic E-state index is 0.0157. The van der Waals surface area contributed by atoms with Gasteiger partial charge in [0.05, 0.1) is 16.3 Å². The normalized spacial score (nSPS) is 17.3. The van der Waals surface area contributed by atoms with Crippen LogP contribution in [-0.4, -0.2) is 64.0 Å². The summed E-state index contributed by atoms with van der Waals surface area (Å²) in [6.45, 7) is 1.79. The minimum atomic E-state index is -4.49. The number of alkyl halides is 3. The van der Waals surface area contributed by atoms with Crippen molar-refractivity contribution in [2.45, 2.75) is 29.4 Å². The van der Waals surface area contributed by atoms with Gasteiger partial charge in [-0.1, -0.05) is 34.7 Å². The largest absolute Gasteiger partial charge is 0.417 e. The standard InChI is InChI=1S/C17H18ClF3N6OS2/c18-12-7-10(17(19,20)21)8-22-14(12)27-5-3-26(4-6-27)13(28)9-29-16-25-24-15(30-16)23-11-1-2-11/h7-8,11H,1-6,9H2,(H,23,24). The van der Waals surface area contributed by atoms with Gasteiger partial charge in [-0.3, -0.25) is 4.79 Å². The van der Waals surface area contributed by atoms with Crippen molar-refractivity contribution < 1.29 is 18.0 Å². The molecule has 30 heavy (non-hydrogen) atoms. The molecule has 0 aromatic carbocycles. The fourth-order valence-electron chi connectivity index (χ4n) is 2.93. The molecule has 0 atom stereocenters. The molecular weight excluding hydrogens is 461 g/mol. The van der Waals surface area contributed by atoms with E-state index < -0.39 is 11.7 Å². The molecule has 1 amide bonds. The van der Waals surface area contributed by atoms with Gasteiger partial charge in [0.1, 0.15) is 5.82 Å². The number of aromatic nitrogens is 3. The molecule has 7 nitrogen and oxygen atoms in total. The Balaban J connectivity index is 1.26. The smallest absolute Gasteiger partial charge is 0.357 e. The summed E-state index contributed by atoms with van der Waals surface area (Å²) in [6, 6.07) is 1.38. The molecule has 1 N–H and O–H groups in total. The summed E-state index contributed by atoms with van der Waals surface area (Å²) >= 11 is 8.81. The molecule has 1 saturated carbocycles. The number of thioether (sulfide) groups is 1. The summed E-state index contributed by atoms with van der Waals surface area (Å²) in [5.74, 6) is 0.547.